The van der Waals surface area contributed by atoms with Crippen LogP contribution in [0.2, 0.25) is 0 Å². The van der Waals surface area contributed by atoms with Crippen molar-refractivity contribution in [2.45, 2.75) is 25.2 Å². The lowest BCUT2D eigenvalue weighted by molar-refractivity contribution is -0.0535. The van der Waals surface area contributed by atoms with Gasteiger partial charge in [-0.05, 0) is 25.1 Å². The Labute approximate surface area is 76.6 Å². The summed E-state index contributed by atoms with van der Waals surface area (Å²) in [5.41, 5.74) is 0. The Bertz CT molecular complexity index is 289. The van der Waals surface area contributed by atoms with Crippen LogP contribution in [-0.2, 0) is 4.74 Å². The average Bonchev–Trinajstić information content (AvgIpc) is 2.62. The quantitative estimate of drug-likeness (QED) is 0.668. The van der Waals surface area contributed by atoms with Gasteiger partial charge in [-0.3, -0.25) is 0 Å². The van der Waals surface area contributed by atoms with Crippen LogP contribution in [0.3, 0.4) is 0 Å². The molecule has 0 aliphatic carbocycles. The first kappa shape index (κ1) is 8.53. The SMILES string of the molecule is C[C@H]1O[C@H](c2ccco2)C=CC1O. The molecule has 70 valence electrons. The molecule has 0 amide bonds. The van der Waals surface area contributed by atoms with Gasteiger partial charge in [0.2, 0.25) is 0 Å². The van der Waals surface area contributed by atoms with Gasteiger partial charge < -0.3 is 14.3 Å². The van der Waals surface area contributed by atoms with Crippen LogP contribution < -0.4 is 0 Å². The van der Waals surface area contributed by atoms with Crippen LogP contribution in [0.25, 0.3) is 0 Å². The summed E-state index contributed by atoms with van der Waals surface area (Å²) in [6.07, 6.45) is 4.31. The first-order chi connectivity index (χ1) is 6.27. The highest BCUT2D eigenvalue weighted by Gasteiger charge is 2.23. The van der Waals surface area contributed by atoms with Crippen LogP contribution in [0.5, 0.6) is 0 Å². The third-order valence-electron chi connectivity index (χ3n) is 2.15. The molecule has 1 aliphatic heterocycles. The lowest BCUT2D eigenvalue weighted by Gasteiger charge is -2.25. The molecule has 3 atom stereocenters. The Morgan fingerprint density at radius 2 is 2.23 bits per heavy atom. The summed E-state index contributed by atoms with van der Waals surface area (Å²) < 4.78 is 10.7. The van der Waals surface area contributed by atoms with E-state index >= 15 is 0 Å². The molecule has 0 fully saturated rings. The molecule has 2 rings (SSSR count). The van der Waals surface area contributed by atoms with Crippen molar-refractivity contribution in [2.75, 3.05) is 0 Å². The van der Waals surface area contributed by atoms with E-state index in [0.717, 1.165) is 5.76 Å². The van der Waals surface area contributed by atoms with E-state index in [1.807, 2.05) is 25.1 Å². The molecule has 0 spiro atoms. The molecule has 1 aromatic rings. The van der Waals surface area contributed by atoms with Crippen LogP contribution in [0, 0.1) is 0 Å². The number of aliphatic hydroxyl groups is 1. The zero-order valence-corrected chi connectivity index (χ0v) is 7.38. The molecular formula is C10H12O3. The zero-order valence-electron chi connectivity index (χ0n) is 7.38. The Kier molecular flexibility index (Phi) is 2.20. The topological polar surface area (TPSA) is 42.6 Å². The Balaban J connectivity index is 2.15. The molecule has 1 aromatic heterocycles. The van der Waals surface area contributed by atoms with E-state index in [-0.39, 0.29) is 12.2 Å². The lowest BCUT2D eigenvalue weighted by atomic mass is 10.1. The van der Waals surface area contributed by atoms with Gasteiger partial charge in [-0.15, -0.1) is 0 Å². The second-order valence-corrected chi connectivity index (χ2v) is 3.15. The Morgan fingerprint density at radius 3 is 2.85 bits per heavy atom. The summed E-state index contributed by atoms with van der Waals surface area (Å²) in [5.74, 6) is 0.773. The van der Waals surface area contributed by atoms with Gasteiger partial charge in [-0.1, -0.05) is 6.08 Å². The zero-order chi connectivity index (χ0) is 9.26. The minimum atomic E-state index is -0.508. The van der Waals surface area contributed by atoms with Crippen molar-refractivity contribution >= 4 is 0 Å². The fourth-order valence-corrected chi connectivity index (χ4v) is 1.34. The van der Waals surface area contributed by atoms with Crippen molar-refractivity contribution in [1.29, 1.82) is 0 Å². The van der Waals surface area contributed by atoms with Crippen molar-refractivity contribution < 1.29 is 14.3 Å². The molecule has 13 heavy (non-hydrogen) atoms. The maximum absolute atomic E-state index is 9.35. The molecule has 2 heterocycles. The monoisotopic (exact) mass is 180 g/mol. The predicted octanol–water partition coefficient (Wildman–Crippen LogP) is 1.66. The van der Waals surface area contributed by atoms with E-state index in [2.05, 4.69) is 0 Å². The van der Waals surface area contributed by atoms with Gasteiger partial charge in [0.25, 0.3) is 0 Å². The number of ether oxygens (including phenoxy) is 1. The maximum Gasteiger partial charge on any atom is 0.136 e. The van der Waals surface area contributed by atoms with Crippen molar-refractivity contribution in [1.82, 2.24) is 0 Å². The van der Waals surface area contributed by atoms with E-state index in [0.29, 0.717) is 0 Å². The number of furan rings is 1. The molecule has 0 saturated heterocycles. The van der Waals surface area contributed by atoms with E-state index in [4.69, 9.17) is 9.15 Å². The van der Waals surface area contributed by atoms with E-state index in [1.165, 1.54) is 0 Å². The highest BCUT2D eigenvalue weighted by Crippen LogP contribution is 2.26. The van der Waals surface area contributed by atoms with Crippen LogP contribution in [0.4, 0.5) is 0 Å². The summed E-state index contributed by atoms with van der Waals surface area (Å²) in [4.78, 5) is 0. The van der Waals surface area contributed by atoms with E-state index in [9.17, 15) is 5.11 Å². The van der Waals surface area contributed by atoms with Crippen molar-refractivity contribution in [2.24, 2.45) is 0 Å². The van der Waals surface area contributed by atoms with E-state index < -0.39 is 6.10 Å². The number of hydrogen-bond acceptors (Lipinski definition) is 3. The van der Waals surface area contributed by atoms with Gasteiger partial charge in [0.15, 0.2) is 0 Å². The van der Waals surface area contributed by atoms with Gasteiger partial charge in [-0.25, -0.2) is 0 Å². The summed E-state index contributed by atoms with van der Waals surface area (Å²) in [6, 6.07) is 3.68. The number of hydrogen-bond donors (Lipinski definition) is 1. The fraction of sp³-hybridized carbons (Fsp3) is 0.400. The minimum Gasteiger partial charge on any atom is -0.466 e. The number of rotatable bonds is 1. The highest BCUT2D eigenvalue weighted by molar-refractivity contribution is 5.13. The summed E-state index contributed by atoms with van der Waals surface area (Å²) in [7, 11) is 0. The third kappa shape index (κ3) is 1.66. The molecule has 3 heteroatoms. The molecule has 3 nitrogen and oxygen atoms in total. The Morgan fingerprint density at radius 1 is 1.38 bits per heavy atom. The second-order valence-electron chi connectivity index (χ2n) is 3.15. The van der Waals surface area contributed by atoms with Gasteiger partial charge >= 0.3 is 0 Å². The van der Waals surface area contributed by atoms with Crippen molar-refractivity contribution in [3.63, 3.8) is 0 Å². The predicted molar refractivity (Wildman–Crippen MR) is 47.1 cm³/mol. The van der Waals surface area contributed by atoms with Crippen LogP contribution >= 0.6 is 0 Å². The second kappa shape index (κ2) is 3.36. The molecule has 1 unspecified atom stereocenters. The highest BCUT2D eigenvalue weighted by atomic mass is 16.5. The Hall–Kier alpha value is -1.06. The van der Waals surface area contributed by atoms with Crippen molar-refractivity contribution in [3.8, 4) is 0 Å². The average molecular weight is 180 g/mol. The summed E-state index contributed by atoms with van der Waals surface area (Å²) >= 11 is 0. The van der Waals surface area contributed by atoms with Crippen molar-refractivity contribution in [3.05, 3.63) is 36.3 Å². The standard InChI is InChI=1S/C10H12O3/c1-7-8(11)4-5-10(13-7)9-3-2-6-12-9/h2-8,10-11H,1H3/t7-,8?,10+/m1/s1. The third-order valence-corrected chi connectivity index (χ3v) is 2.15. The molecule has 0 aromatic carbocycles. The first-order valence-corrected chi connectivity index (χ1v) is 4.32. The molecule has 0 radical (unpaired) electrons. The molecule has 1 aliphatic rings. The number of aliphatic hydroxyl groups excluding tert-OH is 1. The molecule has 0 saturated carbocycles. The van der Waals surface area contributed by atoms with Gasteiger partial charge in [0.05, 0.1) is 18.5 Å². The first-order valence-electron chi connectivity index (χ1n) is 4.32. The summed E-state index contributed by atoms with van der Waals surface area (Å²) in [5, 5.41) is 9.35. The van der Waals surface area contributed by atoms with E-state index in [1.54, 1.807) is 12.3 Å². The normalized spacial score (nSPS) is 33.5. The van der Waals surface area contributed by atoms with Gasteiger partial charge in [0.1, 0.15) is 11.9 Å². The smallest absolute Gasteiger partial charge is 0.136 e. The molecule has 0 bridgehead atoms. The molecule has 1 N–H and O–H groups in total. The van der Waals surface area contributed by atoms with Crippen LogP contribution in [0.1, 0.15) is 18.8 Å². The maximum atomic E-state index is 9.35. The fourth-order valence-electron chi connectivity index (χ4n) is 1.34. The molecular weight excluding hydrogens is 168 g/mol. The van der Waals surface area contributed by atoms with Gasteiger partial charge in [0, 0.05) is 0 Å². The largest absolute Gasteiger partial charge is 0.466 e. The van der Waals surface area contributed by atoms with Gasteiger partial charge in [-0.2, -0.15) is 0 Å². The minimum absolute atomic E-state index is 0.159. The van der Waals surface area contributed by atoms with Crippen LogP contribution in [0.15, 0.2) is 35.0 Å². The summed E-state index contributed by atoms with van der Waals surface area (Å²) in [6.45, 7) is 1.84. The lowest BCUT2D eigenvalue weighted by Crippen LogP contribution is -2.29. The van der Waals surface area contributed by atoms with Crippen LogP contribution in [-0.4, -0.2) is 17.3 Å².